The van der Waals surface area contributed by atoms with Gasteiger partial charge >= 0.3 is 0 Å². The van der Waals surface area contributed by atoms with Crippen molar-refractivity contribution in [3.63, 3.8) is 0 Å². The van der Waals surface area contributed by atoms with Crippen molar-refractivity contribution in [1.82, 2.24) is 4.90 Å². The van der Waals surface area contributed by atoms with Gasteiger partial charge in [0.05, 0.1) is 0 Å². The van der Waals surface area contributed by atoms with Gasteiger partial charge in [-0.1, -0.05) is 18.2 Å². The Labute approximate surface area is 101 Å². The maximum atomic E-state index is 11.1. The largest absolute Gasteiger partial charge is 0.339 e. The number of benzene rings is 1. The molecule has 2 rings (SSSR count). The number of nitrogens with zero attached hydrogens (tertiary/aromatic N) is 1. The zero-order valence-corrected chi connectivity index (χ0v) is 10.1. The summed E-state index contributed by atoms with van der Waals surface area (Å²) in [4.78, 5) is 22.9. The van der Waals surface area contributed by atoms with E-state index in [1.54, 1.807) is 7.05 Å². The van der Waals surface area contributed by atoms with E-state index in [0.29, 0.717) is 12.8 Å². The van der Waals surface area contributed by atoms with Gasteiger partial charge in [0.2, 0.25) is 6.29 Å². The number of hydrogen-bond donors (Lipinski definition) is 0. The van der Waals surface area contributed by atoms with Crippen LogP contribution in [-0.4, -0.2) is 30.7 Å². The average Bonchev–Trinajstić information content (AvgIpc) is 2.82. The summed E-state index contributed by atoms with van der Waals surface area (Å²) in [5, 5.41) is 0. The summed E-state index contributed by atoms with van der Waals surface area (Å²) in [6.45, 7) is 0.594. The molecule has 17 heavy (non-hydrogen) atoms. The smallest absolute Gasteiger partial charge is 0.286 e. The molecule has 0 aliphatic heterocycles. The minimum absolute atomic E-state index is 0.364. The predicted octanol–water partition coefficient (Wildman–Crippen LogP) is 1.38. The third kappa shape index (κ3) is 2.73. The van der Waals surface area contributed by atoms with Crippen molar-refractivity contribution in [1.29, 1.82) is 0 Å². The van der Waals surface area contributed by atoms with Gasteiger partial charge in [-0.25, -0.2) is 0 Å². The Kier molecular flexibility index (Phi) is 3.57. The van der Waals surface area contributed by atoms with Crippen LogP contribution in [0.15, 0.2) is 18.2 Å². The number of fused-ring (bicyclic) bond motifs is 1. The molecule has 0 unspecified atom stereocenters. The topological polar surface area (TPSA) is 37.4 Å². The molecule has 0 aromatic heterocycles. The van der Waals surface area contributed by atoms with Crippen molar-refractivity contribution < 1.29 is 9.59 Å². The van der Waals surface area contributed by atoms with E-state index in [4.69, 9.17) is 0 Å². The van der Waals surface area contributed by atoms with Crippen molar-refractivity contribution >= 4 is 12.2 Å². The van der Waals surface area contributed by atoms with E-state index in [0.717, 1.165) is 6.42 Å². The van der Waals surface area contributed by atoms with Crippen molar-refractivity contribution in [2.75, 3.05) is 13.6 Å². The lowest BCUT2D eigenvalue weighted by Gasteiger charge is -2.14. The highest BCUT2D eigenvalue weighted by atomic mass is 16.2. The molecule has 3 heteroatoms. The molecule has 1 aliphatic rings. The molecule has 1 aromatic carbocycles. The van der Waals surface area contributed by atoms with E-state index >= 15 is 0 Å². The number of hydrogen-bond acceptors (Lipinski definition) is 2. The lowest BCUT2D eigenvalue weighted by atomic mass is 10.0. The maximum absolute atomic E-state index is 11.1. The number of likely N-dealkylation sites (N-methyl/N-ethyl adjacent to an activating group) is 1. The molecule has 0 saturated heterocycles. The fourth-order valence-corrected chi connectivity index (χ4v) is 2.28. The number of carbonyl (C=O) groups is 2. The summed E-state index contributed by atoms with van der Waals surface area (Å²) in [6.07, 6.45) is 4.79. The zero-order chi connectivity index (χ0) is 12.3. The van der Waals surface area contributed by atoms with Gasteiger partial charge in [0, 0.05) is 13.6 Å². The zero-order valence-electron chi connectivity index (χ0n) is 10.1. The highest BCUT2D eigenvalue weighted by Gasteiger charge is 2.11. The van der Waals surface area contributed by atoms with Crippen molar-refractivity contribution in [2.45, 2.75) is 25.7 Å². The Morgan fingerprint density at radius 2 is 2.12 bits per heavy atom. The maximum Gasteiger partial charge on any atom is 0.286 e. The van der Waals surface area contributed by atoms with Gasteiger partial charge in [0.15, 0.2) is 0 Å². The van der Waals surface area contributed by atoms with Crippen molar-refractivity contribution in [2.24, 2.45) is 0 Å². The van der Waals surface area contributed by atoms with Crippen LogP contribution in [0, 0.1) is 0 Å². The quantitative estimate of drug-likeness (QED) is 0.580. The number of aryl methyl sites for hydroxylation is 2. The molecule has 0 heterocycles. The summed E-state index contributed by atoms with van der Waals surface area (Å²) in [6, 6.07) is 6.56. The van der Waals surface area contributed by atoms with E-state index in [1.165, 1.54) is 40.9 Å². The van der Waals surface area contributed by atoms with Gasteiger partial charge in [-0.15, -0.1) is 0 Å². The Morgan fingerprint density at radius 1 is 1.35 bits per heavy atom. The molecular weight excluding hydrogens is 214 g/mol. The molecule has 1 aliphatic carbocycles. The second-order valence-corrected chi connectivity index (χ2v) is 4.58. The van der Waals surface area contributed by atoms with Gasteiger partial charge in [-0.3, -0.25) is 9.59 Å². The van der Waals surface area contributed by atoms with Crippen LogP contribution in [0.1, 0.15) is 23.1 Å². The van der Waals surface area contributed by atoms with Crippen LogP contribution in [0.3, 0.4) is 0 Å². The van der Waals surface area contributed by atoms with Crippen LogP contribution >= 0.6 is 0 Å². The second kappa shape index (κ2) is 5.13. The Balaban J connectivity index is 1.95. The summed E-state index contributed by atoms with van der Waals surface area (Å²) < 4.78 is 0. The lowest BCUT2D eigenvalue weighted by molar-refractivity contribution is -0.137. The summed E-state index contributed by atoms with van der Waals surface area (Å²) in [7, 11) is 1.66. The fraction of sp³-hybridized carbons (Fsp3) is 0.429. The summed E-state index contributed by atoms with van der Waals surface area (Å²) >= 11 is 0. The fourth-order valence-electron chi connectivity index (χ4n) is 2.28. The minimum Gasteiger partial charge on any atom is -0.339 e. The average molecular weight is 231 g/mol. The first kappa shape index (κ1) is 11.8. The van der Waals surface area contributed by atoms with Crippen LogP contribution in [0.4, 0.5) is 0 Å². The molecule has 0 bridgehead atoms. The van der Waals surface area contributed by atoms with E-state index < -0.39 is 5.91 Å². The van der Waals surface area contributed by atoms with Crippen LogP contribution in [0.25, 0.3) is 0 Å². The molecule has 0 radical (unpaired) electrons. The molecule has 0 spiro atoms. The molecule has 1 aromatic rings. The van der Waals surface area contributed by atoms with Gasteiger partial charge in [-0.2, -0.15) is 0 Å². The Hall–Kier alpha value is -1.64. The molecule has 0 N–H and O–H groups in total. The lowest BCUT2D eigenvalue weighted by Crippen LogP contribution is -2.29. The Bertz CT molecular complexity index is 440. The number of amides is 1. The molecule has 0 atom stereocenters. The van der Waals surface area contributed by atoms with Crippen molar-refractivity contribution in [3.05, 3.63) is 34.9 Å². The van der Waals surface area contributed by atoms with Gasteiger partial charge in [0.25, 0.3) is 5.91 Å². The normalized spacial score (nSPS) is 13.2. The van der Waals surface area contributed by atoms with E-state index in [1.807, 2.05) is 0 Å². The molecule has 90 valence electrons. The summed E-state index contributed by atoms with van der Waals surface area (Å²) in [5.41, 5.74) is 4.16. The Morgan fingerprint density at radius 3 is 2.88 bits per heavy atom. The molecule has 0 fully saturated rings. The van der Waals surface area contributed by atoms with Crippen molar-refractivity contribution in [3.8, 4) is 0 Å². The highest BCUT2D eigenvalue weighted by molar-refractivity contribution is 6.23. The van der Waals surface area contributed by atoms with Crippen LogP contribution in [0.2, 0.25) is 0 Å². The first-order valence-electron chi connectivity index (χ1n) is 6.01. The third-order valence-electron chi connectivity index (χ3n) is 3.38. The van der Waals surface area contributed by atoms with E-state index in [9.17, 15) is 9.59 Å². The monoisotopic (exact) mass is 231 g/mol. The SMILES string of the molecule is CN(CCc1ccc2c(c1)CCC2)C(=O)C=O. The minimum atomic E-state index is -0.453. The first-order chi connectivity index (χ1) is 8.20. The van der Waals surface area contributed by atoms with Crippen LogP contribution in [0.5, 0.6) is 0 Å². The number of rotatable bonds is 4. The molecule has 3 nitrogen and oxygen atoms in total. The van der Waals surface area contributed by atoms with Crippen LogP contribution < -0.4 is 0 Å². The standard InChI is InChI=1S/C14H17NO2/c1-15(14(17)10-16)8-7-11-5-6-12-3-2-4-13(12)9-11/h5-6,9-10H,2-4,7-8H2,1H3. The third-order valence-corrected chi connectivity index (χ3v) is 3.38. The van der Waals surface area contributed by atoms with E-state index in [2.05, 4.69) is 18.2 Å². The van der Waals surface area contributed by atoms with Gasteiger partial charge in [-0.05, 0) is 42.4 Å². The second-order valence-electron chi connectivity index (χ2n) is 4.58. The van der Waals surface area contributed by atoms with Gasteiger partial charge in [0.1, 0.15) is 0 Å². The summed E-state index contributed by atoms with van der Waals surface area (Å²) in [5.74, 6) is -0.453. The number of carbonyl (C=O) groups excluding carboxylic acids is 2. The molecular formula is C14H17NO2. The van der Waals surface area contributed by atoms with E-state index in [-0.39, 0.29) is 0 Å². The predicted molar refractivity (Wildman–Crippen MR) is 65.9 cm³/mol. The molecule has 1 amide bonds. The number of aldehydes is 1. The first-order valence-corrected chi connectivity index (χ1v) is 6.01. The highest BCUT2D eigenvalue weighted by Crippen LogP contribution is 2.22. The molecule has 0 saturated carbocycles. The van der Waals surface area contributed by atoms with Gasteiger partial charge < -0.3 is 4.90 Å². The van der Waals surface area contributed by atoms with Crippen LogP contribution in [-0.2, 0) is 28.9 Å².